The Morgan fingerprint density at radius 3 is 2.09 bits per heavy atom. The third-order valence-corrected chi connectivity index (χ3v) is 9.10. The molecular weight excluding hydrogens is 582 g/mol. The van der Waals surface area contributed by atoms with Gasteiger partial charge in [-0.15, -0.1) is 0 Å². The van der Waals surface area contributed by atoms with Gasteiger partial charge in [-0.1, -0.05) is 89.5 Å². The van der Waals surface area contributed by atoms with Crippen LogP contribution in [-0.2, 0) is 32.6 Å². The Hall–Kier alpha value is -4.14. The van der Waals surface area contributed by atoms with Gasteiger partial charge in [-0.05, 0) is 68.3 Å². The van der Waals surface area contributed by atoms with Gasteiger partial charge in [-0.25, -0.2) is 8.42 Å². The number of aryl methyl sites for hydroxylation is 2. The van der Waals surface area contributed by atoms with Gasteiger partial charge >= 0.3 is 0 Å². The second kappa shape index (κ2) is 14.4. The molecule has 0 heterocycles. The van der Waals surface area contributed by atoms with E-state index in [0.29, 0.717) is 17.3 Å². The van der Waals surface area contributed by atoms with E-state index in [0.717, 1.165) is 26.6 Å². The normalized spacial score (nSPS) is 11.9. The summed E-state index contributed by atoms with van der Waals surface area (Å²) in [7, 11) is -4.18. The maximum Gasteiger partial charge on any atom is 0.264 e. The van der Waals surface area contributed by atoms with E-state index >= 15 is 0 Å². The molecule has 1 N–H and O–H groups in total. The lowest BCUT2D eigenvalue weighted by atomic mass is 10.0. The van der Waals surface area contributed by atoms with Crippen LogP contribution in [0, 0.1) is 13.8 Å². The zero-order valence-corrected chi connectivity index (χ0v) is 26.1. The van der Waals surface area contributed by atoms with Crippen LogP contribution < -0.4 is 9.62 Å². The molecule has 4 aromatic carbocycles. The summed E-state index contributed by atoms with van der Waals surface area (Å²) < 4.78 is 29.1. The average Bonchev–Trinajstić information content (AvgIpc) is 2.99. The van der Waals surface area contributed by atoms with E-state index in [1.54, 1.807) is 24.3 Å². The van der Waals surface area contributed by atoms with Gasteiger partial charge in [0, 0.05) is 24.5 Å². The minimum absolute atomic E-state index is 0.0000655. The second-order valence-electron chi connectivity index (χ2n) is 10.4. The molecule has 0 saturated carbocycles. The Morgan fingerprint density at radius 2 is 1.47 bits per heavy atom. The number of nitrogens with zero attached hydrogens (tertiary/aromatic N) is 2. The van der Waals surface area contributed by atoms with Crippen LogP contribution in [-0.4, -0.2) is 44.3 Å². The van der Waals surface area contributed by atoms with Crippen molar-refractivity contribution >= 4 is 39.1 Å². The highest BCUT2D eigenvalue weighted by Gasteiger charge is 2.34. The summed E-state index contributed by atoms with van der Waals surface area (Å²) in [6, 6.07) is 29.1. The Morgan fingerprint density at radius 1 is 0.814 bits per heavy atom. The topological polar surface area (TPSA) is 86.8 Å². The number of anilines is 1. The number of benzene rings is 4. The molecule has 0 spiro atoms. The van der Waals surface area contributed by atoms with Crippen molar-refractivity contribution in [3.8, 4) is 0 Å². The van der Waals surface area contributed by atoms with Gasteiger partial charge in [-0.3, -0.25) is 13.9 Å². The van der Waals surface area contributed by atoms with Crippen molar-refractivity contribution in [1.29, 1.82) is 0 Å². The van der Waals surface area contributed by atoms with Gasteiger partial charge in [0.15, 0.2) is 0 Å². The average molecular weight is 618 g/mol. The molecule has 0 radical (unpaired) electrons. The lowest BCUT2D eigenvalue weighted by molar-refractivity contribution is -0.140. The first-order valence-electron chi connectivity index (χ1n) is 14.1. The highest BCUT2D eigenvalue weighted by atomic mass is 35.5. The summed E-state index contributed by atoms with van der Waals surface area (Å²) in [5, 5.41) is 3.27. The lowest BCUT2D eigenvalue weighted by Gasteiger charge is -2.34. The van der Waals surface area contributed by atoms with Crippen molar-refractivity contribution in [1.82, 2.24) is 10.2 Å². The van der Waals surface area contributed by atoms with Crippen LogP contribution in [0.4, 0.5) is 5.69 Å². The highest BCUT2D eigenvalue weighted by molar-refractivity contribution is 7.92. The SMILES string of the molecule is CCNC(=O)C(Cc1ccccc1)N(Cc1cccc(C)c1)C(=O)CN(c1ccc(C)cc1)S(=O)(=O)c1ccc(Cl)cc1. The van der Waals surface area contributed by atoms with E-state index < -0.39 is 28.5 Å². The summed E-state index contributed by atoms with van der Waals surface area (Å²) in [5.41, 5.74) is 4.00. The Balaban J connectivity index is 1.79. The molecule has 0 aliphatic rings. The number of halogens is 1. The molecule has 2 amide bonds. The summed E-state index contributed by atoms with van der Waals surface area (Å²) >= 11 is 6.04. The van der Waals surface area contributed by atoms with Crippen LogP contribution in [0.25, 0.3) is 0 Å². The Bertz CT molecular complexity index is 1640. The summed E-state index contributed by atoms with van der Waals surface area (Å²) in [6.45, 7) is 5.68. The van der Waals surface area contributed by atoms with Gasteiger partial charge in [0.2, 0.25) is 11.8 Å². The molecule has 0 aliphatic carbocycles. The molecule has 4 aromatic rings. The summed E-state index contributed by atoms with van der Waals surface area (Å²) in [4.78, 5) is 29.4. The third-order valence-electron chi connectivity index (χ3n) is 7.06. The first-order chi connectivity index (χ1) is 20.6. The quantitative estimate of drug-likeness (QED) is 0.214. The highest BCUT2D eigenvalue weighted by Crippen LogP contribution is 2.26. The number of hydrogen-bond acceptors (Lipinski definition) is 4. The van der Waals surface area contributed by atoms with E-state index in [1.807, 2.05) is 75.4 Å². The van der Waals surface area contributed by atoms with Gasteiger partial charge in [0.05, 0.1) is 10.6 Å². The largest absolute Gasteiger partial charge is 0.355 e. The number of hydrogen-bond donors (Lipinski definition) is 1. The Kier molecular flexibility index (Phi) is 10.6. The van der Waals surface area contributed by atoms with E-state index in [-0.39, 0.29) is 23.8 Å². The minimum atomic E-state index is -4.18. The molecule has 7 nitrogen and oxygen atoms in total. The van der Waals surface area contributed by atoms with Crippen molar-refractivity contribution < 1.29 is 18.0 Å². The number of carbonyl (C=O) groups is 2. The first-order valence-corrected chi connectivity index (χ1v) is 15.9. The van der Waals surface area contributed by atoms with Crippen LogP contribution in [0.15, 0.2) is 108 Å². The Labute approximate surface area is 259 Å². The lowest BCUT2D eigenvalue weighted by Crippen LogP contribution is -2.53. The number of sulfonamides is 1. The predicted octanol–water partition coefficient (Wildman–Crippen LogP) is 5.93. The standard InChI is InChI=1S/C34H36ClN3O4S/c1-4-36-34(40)32(22-27-10-6-5-7-11-27)37(23-28-12-8-9-26(3)21-28)33(39)24-38(30-17-13-25(2)14-18-30)43(41,42)31-19-15-29(35)16-20-31/h5-21,32H,4,22-24H2,1-3H3,(H,36,40). The number of carbonyl (C=O) groups excluding carboxylic acids is 2. The molecular formula is C34H36ClN3O4S. The molecule has 43 heavy (non-hydrogen) atoms. The van der Waals surface area contributed by atoms with Crippen molar-refractivity contribution in [3.63, 3.8) is 0 Å². The summed E-state index contributed by atoms with van der Waals surface area (Å²) in [6.07, 6.45) is 0.263. The number of amides is 2. The van der Waals surface area contributed by atoms with Gasteiger partial charge < -0.3 is 10.2 Å². The van der Waals surface area contributed by atoms with Gasteiger partial charge in [-0.2, -0.15) is 0 Å². The number of nitrogens with one attached hydrogen (secondary N) is 1. The van der Waals surface area contributed by atoms with E-state index in [1.165, 1.54) is 29.2 Å². The molecule has 1 atom stereocenters. The smallest absolute Gasteiger partial charge is 0.264 e. The molecule has 224 valence electrons. The fourth-order valence-corrected chi connectivity index (χ4v) is 6.37. The predicted molar refractivity (Wildman–Crippen MR) is 172 cm³/mol. The first kappa shape index (κ1) is 31.8. The zero-order chi connectivity index (χ0) is 31.0. The molecule has 9 heteroatoms. The van der Waals surface area contributed by atoms with Crippen molar-refractivity contribution in [3.05, 3.63) is 130 Å². The van der Waals surface area contributed by atoms with Gasteiger partial charge in [0.1, 0.15) is 12.6 Å². The minimum Gasteiger partial charge on any atom is -0.355 e. The number of rotatable bonds is 12. The molecule has 0 saturated heterocycles. The van der Waals surface area contributed by atoms with Crippen LogP contribution in [0.2, 0.25) is 5.02 Å². The van der Waals surface area contributed by atoms with E-state index in [4.69, 9.17) is 11.6 Å². The fraction of sp³-hybridized carbons (Fsp3) is 0.235. The molecule has 1 unspecified atom stereocenters. The van der Waals surface area contributed by atoms with Crippen molar-refractivity contribution in [2.45, 2.75) is 44.7 Å². The van der Waals surface area contributed by atoms with Crippen LogP contribution in [0.5, 0.6) is 0 Å². The molecule has 0 bridgehead atoms. The monoisotopic (exact) mass is 617 g/mol. The maximum absolute atomic E-state index is 14.4. The third kappa shape index (κ3) is 8.24. The van der Waals surface area contributed by atoms with Crippen LogP contribution >= 0.6 is 11.6 Å². The zero-order valence-electron chi connectivity index (χ0n) is 24.5. The van der Waals surface area contributed by atoms with Gasteiger partial charge in [0.25, 0.3) is 10.0 Å². The van der Waals surface area contributed by atoms with Crippen LogP contribution in [0.3, 0.4) is 0 Å². The number of likely N-dealkylation sites (N-methyl/N-ethyl adjacent to an activating group) is 1. The van der Waals surface area contributed by atoms with E-state index in [2.05, 4.69) is 5.32 Å². The molecule has 0 aromatic heterocycles. The maximum atomic E-state index is 14.4. The van der Waals surface area contributed by atoms with E-state index in [9.17, 15) is 18.0 Å². The van der Waals surface area contributed by atoms with Crippen molar-refractivity contribution in [2.75, 3.05) is 17.4 Å². The molecule has 0 fully saturated rings. The molecule has 0 aliphatic heterocycles. The fourth-order valence-electron chi connectivity index (χ4n) is 4.83. The van der Waals surface area contributed by atoms with Crippen molar-refractivity contribution in [2.24, 2.45) is 0 Å². The molecule has 4 rings (SSSR count). The van der Waals surface area contributed by atoms with Crippen LogP contribution in [0.1, 0.15) is 29.2 Å². The summed E-state index contributed by atoms with van der Waals surface area (Å²) in [5.74, 6) is -0.818. The second-order valence-corrected chi connectivity index (χ2v) is 12.7.